The minimum absolute atomic E-state index is 0.0960. The van der Waals surface area contributed by atoms with Crippen LogP contribution in [0.15, 0.2) is 34.9 Å². The first-order valence-corrected chi connectivity index (χ1v) is 5.38. The number of halogens is 1. The monoisotopic (exact) mass is 251 g/mol. The number of esters is 1. The van der Waals surface area contributed by atoms with Gasteiger partial charge in [0.15, 0.2) is 0 Å². The molecule has 0 N–H and O–H groups in total. The highest BCUT2D eigenvalue weighted by atomic mass is 35.5. The van der Waals surface area contributed by atoms with Gasteiger partial charge in [-0.3, -0.25) is 0 Å². The lowest BCUT2D eigenvalue weighted by Gasteiger charge is -2.02. The molecular formula is C12H10ClNO3. The average Bonchev–Trinajstić information content (AvgIpc) is 2.73. The van der Waals surface area contributed by atoms with Gasteiger partial charge in [-0.15, -0.1) is 0 Å². The molecular weight excluding hydrogens is 242 g/mol. The molecule has 2 aromatic rings. The molecule has 1 heterocycles. The zero-order valence-corrected chi connectivity index (χ0v) is 9.90. The highest BCUT2D eigenvalue weighted by Crippen LogP contribution is 2.11. The number of nitrogens with zero attached hydrogens (tertiary/aromatic N) is 1. The first kappa shape index (κ1) is 11.7. The molecule has 0 radical (unpaired) electrons. The fourth-order valence-electron chi connectivity index (χ4n) is 1.29. The van der Waals surface area contributed by atoms with Crippen molar-refractivity contribution in [1.82, 2.24) is 5.16 Å². The summed E-state index contributed by atoms with van der Waals surface area (Å²) in [6, 6.07) is 8.21. The minimum Gasteiger partial charge on any atom is -0.455 e. The van der Waals surface area contributed by atoms with E-state index in [0.29, 0.717) is 22.0 Å². The third kappa shape index (κ3) is 3.07. The molecule has 0 aliphatic carbocycles. The van der Waals surface area contributed by atoms with Crippen LogP contribution in [0.4, 0.5) is 0 Å². The SMILES string of the molecule is Cc1cc(COC(=O)c2ccc(Cl)cc2)no1. The van der Waals surface area contributed by atoms with Gasteiger partial charge in [0.25, 0.3) is 0 Å². The topological polar surface area (TPSA) is 52.3 Å². The van der Waals surface area contributed by atoms with Gasteiger partial charge in [0.2, 0.25) is 0 Å². The van der Waals surface area contributed by atoms with Gasteiger partial charge in [-0.05, 0) is 31.2 Å². The van der Waals surface area contributed by atoms with E-state index in [2.05, 4.69) is 5.16 Å². The van der Waals surface area contributed by atoms with E-state index in [-0.39, 0.29) is 6.61 Å². The quantitative estimate of drug-likeness (QED) is 0.787. The molecule has 0 aliphatic rings. The van der Waals surface area contributed by atoms with E-state index >= 15 is 0 Å². The largest absolute Gasteiger partial charge is 0.455 e. The van der Waals surface area contributed by atoms with E-state index in [1.54, 1.807) is 37.3 Å². The van der Waals surface area contributed by atoms with Crippen LogP contribution >= 0.6 is 11.6 Å². The van der Waals surface area contributed by atoms with Crippen molar-refractivity contribution in [3.63, 3.8) is 0 Å². The van der Waals surface area contributed by atoms with Crippen LogP contribution in [0.1, 0.15) is 21.8 Å². The Balaban J connectivity index is 1.95. The molecule has 17 heavy (non-hydrogen) atoms. The summed E-state index contributed by atoms with van der Waals surface area (Å²) in [7, 11) is 0. The number of hydrogen-bond acceptors (Lipinski definition) is 4. The fourth-order valence-corrected chi connectivity index (χ4v) is 1.42. The van der Waals surface area contributed by atoms with Crippen molar-refractivity contribution in [2.45, 2.75) is 13.5 Å². The van der Waals surface area contributed by atoms with Crippen molar-refractivity contribution in [3.05, 3.63) is 52.4 Å². The summed E-state index contributed by atoms with van der Waals surface area (Å²) in [5, 5.41) is 4.30. The predicted octanol–water partition coefficient (Wildman–Crippen LogP) is 2.99. The van der Waals surface area contributed by atoms with Crippen LogP contribution in [-0.2, 0) is 11.3 Å². The summed E-state index contributed by atoms with van der Waals surface area (Å²) < 4.78 is 9.92. The normalized spacial score (nSPS) is 10.2. The number of ether oxygens (including phenoxy) is 1. The molecule has 1 aromatic carbocycles. The van der Waals surface area contributed by atoms with Crippen LogP contribution in [0.3, 0.4) is 0 Å². The molecule has 0 fully saturated rings. The number of rotatable bonds is 3. The molecule has 0 unspecified atom stereocenters. The molecule has 0 amide bonds. The Morgan fingerprint density at radius 2 is 2.12 bits per heavy atom. The second-order valence-electron chi connectivity index (χ2n) is 3.51. The van der Waals surface area contributed by atoms with Crippen molar-refractivity contribution in [2.75, 3.05) is 0 Å². The number of aromatic nitrogens is 1. The van der Waals surface area contributed by atoms with Gasteiger partial charge in [-0.2, -0.15) is 0 Å². The van der Waals surface area contributed by atoms with E-state index in [4.69, 9.17) is 20.9 Å². The molecule has 0 spiro atoms. The molecule has 0 saturated carbocycles. The van der Waals surface area contributed by atoms with E-state index in [1.165, 1.54) is 0 Å². The van der Waals surface area contributed by atoms with Gasteiger partial charge < -0.3 is 9.26 Å². The number of benzene rings is 1. The van der Waals surface area contributed by atoms with E-state index in [0.717, 1.165) is 0 Å². The van der Waals surface area contributed by atoms with Crippen LogP contribution in [0, 0.1) is 6.92 Å². The Hall–Kier alpha value is -1.81. The summed E-state index contributed by atoms with van der Waals surface area (Å²) in [6.07, 6.45) is 0. The van der Waals surface area contributed by atoms with Crippen molar-refractivity contribution < 1.29 is 14.1 Å². The zero-order chi connectivity index (χ0) is 12.3. The molecule has 0 aliphatic heterocycles. The van der Waals surface area contributed by atoms with Gasteiger partial charge in [0.05, 0.1) is 5.56 Å². The second-order valence-corrected chi connectivity index (χ2v) is 3.95. The lowest BCUT2D eigenvalue weighted by atomic mass is 10.2. The molecule has 0 atom stereocenters. The first-order chi connectivity index (χ1) is 8.15. The van der Waals surface area contributed by atoms with E-state index in [9.17, 15) is 4.79 Å². The second kappa shape index (κ2) is 5.01. The lowest BCUT2D eigenvalue weighted by molar-refractivity contribution is 0.0464. The fraction of sp³-hybridized carbons (Fsp3) is 0.167. The van der Waals surface area contributed by atoms with Gasteiger partial charge in [0, 0.05) is 11.1 Å². The molecule has 4 nitrogen and oxygen atoms in total. The molecule has 2 rings (SSSR count). The predicted molar refractivity (Wildman–Crippen MR) is 61.8 cm³/mol. The maximum absolute atomic E-state index is 11.6. The molecule has 0 saturated heterocycles. The van der Waals surface area contributed by atoms with Gasteiger partial charge in [-0.1, -0.05) is 16.8 Å². The summed E-state index contributed by atoms with van der Waals surface area (Å²) >= 11 is 5.72. The van der Waals surface area contributed by atoms with Crippen molar-refractivity contribution in [2.24, 2.45) is 0 Å². The standard InChI is InChI=1S/C12H10ClNO3/c1-8-6-11(14-17-8)7-16-12(15)9-2-4-10(13)5-3-9/h2-6H,7H2,1H3. The summed E-state index contributed by atoms with van der Waals surface area (Å²) in [6.45, 7) is 1.87. The van der Waals surface area contributed by atoms with Gasteiger partial charge >= 0.3 is 5.97 Å². The smallest absolute Gasteiger partial charge is 0.338 e. The lowest BCUT2D eigenvalue weighted by Crippen LogP contribution is -2.05. The van der Waals surface area contributed by atoms with Crippen LogP contribution in [-0.4, -0.2) is 11.1 Å². The van der Waals surface area contributed by atoms with Crippen LogP contribution < -0.4 is 0 Å². The van der Waals surface area contributed by atoms with Crippen molar-refractivity contribution in [3.8, 4) is 0 Å². The van der Waals surface area contributed by atoms with Crippen molar-refractivity contribution >= 4 is 17.6 Å². The van der Waals surface area contributed by atoms with Gasteiger partial charge in [-0.25, -0.2) is 4.79 Å². The van der Waals surface area contributed by atoms with Crippen LogP contribution in [0.2, 0.25) is 5.02 Å². The highest BCUT2D eigenvalue weighted by molar-refractivity contribution is 6.30. The summed E-state index contributed by atoms with van der Waals surface area (Å²) in [5.74, 6) is 0.268. The Morgan fingerprint density at radius 1 is 1.41 bits per heavy atom. The first-order valence-electron chi connectivity index (χ1n) is 5.00. The number of carbonyl (C=O) groups is 1. The number of carbonyl (C=O) groups excluding carboxylic acids is 1. The Labute approximate surface area is 103 Å². The maximum atomic E-state index is 11.6. The third-order valence-electron chi connectivity index (χ3n) is 2.11. The van der Waals surface area contributed by atoms with Gasteiger partial charge in [0.1, 0.15) is 18.1 Å². The number of hydrogen-bond donors (Lipinski definition) is 0. The minimum atomic E-state index is -0.415. The zero-order valence-electron chi connectivity index (χ0n) is 9.14. The number of aryl methyl sites for hydroxylation is 1. The Morgan fingerprint density at radius 3 is 2.71 bits per heavy atom. The van der Waals surface area contributed by atoms with Crippen molar-refractivity contribution in [1.29, 1.82) is 0 Å². The molecule has 1 aromatic heterocycles. The summed E-state index contributed by atoms with van der Waals surface area (Å²) in [5.41, 5.74) is 1.04. The van der Waals surface area contributed by atoms with Crippen LogP contribution in [0.5, 0.6) is 0 Å². The Kier molecular flexibility index (Phi) is 3.44. The average molecular weight is 252 g/mol. The third-order valence-corrected chi connectivity index (χ3v) is 2.36. The van der Waals surface area contributed by atoms with E-state index < -0.39 is 5.97 Å². The molecule has 88 valence electrons. The maximum Gasteiger partial charge on any atom is 0.338 e. The summed E-state index contributed by atoms with van der Waals surface area (Å²) in [4.78, 5) is 11.6. The van der Waals surface area contributed by atoms with Crippen LogP contribution in [0.25, 0.3) is 0 Å². The Bertz CT molecular complexity index is 519. The highest BCUT2D eigenvalue weighted by Gasteiger charge is 2.08. The molecule has 0 bridgehead atoms. The molecule has 5 heteroatoms. The van der Waals surface area contributed by atoms with E-state index in [1.807, 2.05) is 0 Å².